The van der Waals surface area contributed by atoms with Crippen LogP contribution in [0.15, 0.2) is 48.5 Å². The van der Waals surface area contributed by atoms with Gasteiger partial charge in [0.05, 0.1) is 10.6 Å². The molecule has 1 unspecified atom stereocenters. The molecule has 1 aliphatic carbocycles. The first kappa shape index (κ1) is 15.1. The molecule has 4 heteroatoms. The van der Waals surface area contributed by atoms with Gasteiger partial charge < -0.3 is 11.1 Å². The van der Waals surface area contributed by atoms with E-state index in [1.807, 2.05) is 42.5 Å². The van der Waals surface area contributed by atoms with Crippen molar-refractivity contribution in [2.45, 2.75) is 18.9 Å². The summed E-state index contributed by atoms with van der Waals surface area (Å²) in [6.45, 7) is 0.495. The zero-order chi connectivity index (χ0) is 15.5. The first-order valence-electron chi connectivity index (χ1n) is 7.54. The maximum absolute atomic E-state index is 12.3. The molecule has 3 N–H and O–H groups in total. The van der Waals surface area contributed by atoms with E-state index in [-0.39, 0.29) is 11.9 Å². The van der Waals surface area contributed by atoms with Gasteiger partial charge >= 0.3 is 0 Å². The zero-order valence-electron chi connectivity index (χ0n) is 12.3. The molecule has 1 saturated carbocycles. The standard InChI is InChI=1S/C18H19ClN2O/c19-16-9-8-14(12-4-2-1-3-5-12)10-15(16)18(22)21-11-17(20)13-6-7-13/h1-5,8-10,13,17H,6-7,11,20H2,(H,21,22). The van der Waals surface area contributed by atoms with Crippen molar-refractivity contribution in [1.82, 2.24) is 5.32 Å². The van der Waals surface area contributed by atoms with Crippen LogP contribution in [-0.4, -0.2) is 18.5 Å². The van der Waals surface area contributed by atoms with Gasteiger partial charge in [0, 0.05) is 12.6 Å². The van der Waals surface area contributed by atoms with Crippen LogP contribution in [0.5, 0.6) is 0 Å². The lowest BCUT2D eigenvalue weighted by atomic mass is 10.0. The van der Waals surface area contributed by atoms with Gasteiger partial charge in [-0.25, -0.2) is 0 Å². The molecule has 3 rings (SSSR count). The van der Waals surface area contributed by atoms with Crippen LogP contribution in [-0.2, 0) is 0 Å². The highest BCUT2D eigenvalue weighted by Gasteiger charge is 2.28. The zero-order valence-corrected chi connectivity index (χ0v) is 13.0. The molecule has 0 aromatic heterocycles. The van der Waals surface area contributed by atoms with Crippen molar-refractivity contribution in [3.63, 3.8) is 0 Å². The summed E-state index contributed by atoms with van der Waals surface area (Å²) in [4.78, 5) is 12.3. The van der Waals surface area contributed by atoms with Gasteiger partial charge in [0.15, 0.2) is 0 Å². The van der Waals surface area contributed by atoms with Crippen LogP contribution in [0.1, 0.15) is 23.2 Å². The monoisotopic (exact) mass is 314 g/mol. The molecular weight excluding hydrogens is 296 g/mol. The van der Waals surface area contributed by atoms with Gasteiger partial charge in [-0.2, -0.15) is 0 Å². The van der Waals surface area contributed by atoms with Crippen LogP contribution >= 0.6 is 11.6 Å². The molecule has 3 nitrogen and oxygen atoms in total. The number of hydrogen-bond donors (Lipinski definition) is 2. The van der Waals surface area contributed by atoms with E-state index in [0.717, 1.165) is 11.1 Å². The van der Waals surface area contributed by atoms with Crippen molar-refractivity contribution in [3.05, 3.63) is 59.1 Å². The number of rotatable bonds is 5. The van der Waals surface area contributed by atoms with E-state index >= 15 is 0 Å². The molecule has 22 heavy (non-hydrogen) atoms. The third-order valence-electron chi connectivity index (χ3n) is 4.04. The quantitative estimate of drug-likeness (QED) is 0.888. The molecule has 2 aromatic rings. The molecule has 1 atom stereocenters. The third kappa shape index (κ3) is 3.49. The van der Waals surface area contributed by atoms with Gasteiger partial charge in [-0.3, -0.25) is 4.79 Å². The second-order valence-electron chi connectivity index (χ2n) is 5.77. The number of carbonyl (C=O) groups excluding carboxylic acids is 1. The smallest absolute Gasteiger partial charge is 0.252 e. The molecule has 0 saturated heterocycles. The van der Waals surface area contributed by atoms with Gasteiger partial charge in [-0.1, -0.05) is 48.0 Å². The minimum Gasteiger partial charge on any atom is -0.350 e. The van der Waals surface area contributed by atoms with E-state index in [1.165, 1.54) is 12.8 Å². The van der Waals surface area contributed by atoms with Crippen molar-refractivity contribution in [1.29, 1.82) is 0 Å². The molecule has 1 amide bonds. The number of nitrogens with one attached hydrogen (secondary N) is 1. The lowest BCUT2D eigenvalue weighted by molar-refractivity contribution is 0.0950. The Balaban J connectivity index is 1.75. The Bertz CT molecular complexity index is 668. The summed E-state index contributed by atoms with van der Waals surface area (Å²) >= 11 is 6.18. The molecule has 0 heterocycles. The fourth-order valence-electron chi connectivity index (χ4n) is 2.51. The molecule has 0 aliphatic heterocycles. The Labute approximate surface area is 135 Å². The highest BCUT2D eigenvalue weighted by atomic mass is 35.5. The third-order valence-corrected chi connectivity index (χ3v) is 4.37. The van der Waals surface area contributed by atoms with Crippen LogP contribution in [0.25, 0.3) is 11.1 Å². The van der Waals surface area contributed by atoms with Gasteiger partial charge in [-0.05, 0) is 42.0 Å². The highest BCUT2D eigenvalue weighted by Crippen LogP contribution is 2.31. The summed E-state index contributed by atoms with van der Waals surface area (Å²) in [5.41, 5.74) is 8.54. The SMILES string of the molecule is NC(CNC(=O)c1cc(-c2ccccc2)ccc1Cl)C1CC1. The fourth-order valence-corrected chi connectivity index (χ4v) is 2.71. The second kappa shape index (κ2) is 6.51. The van der Waals surface area contributed by atoms with Crippen molar-refractivity contribution < 1.29 is 4.79 Å². The van der Waals surface area contributed by atoms with Crippen molar-refractivity contribution in [2.24, 2.45) is 11.7 Å². The largest absolute Gasteiger partial charge is 0.350 e. The molecule has 114 valence electrons. The number of benzene rings is 2. The molecule has 0 bridgehead atoms. The Kier molecular flexibility index (Phi) is 4.46. The number of amides is 1. The maximum atomic E-state index is 12.3. The summed E-state index contributed by atoms with van der Waals surface area (Å²) in [5, 5.41) is 3.35. The molecular formula is C18H19ClN2O. The van der Waals surface area contributed by atoms with Crippen molar-refractivity contribution in [2.75, 3.05) is 6.54 Å². The van der Waals surface area contributed by atoms with Gasteiger partial charge in [0.1, 0.15) is 0 Å². The van der Waals surface area contributed by atoms with E-state index in [2.05, 4.69) is 5.32 Å². The van der Waals surface area contributed by atoms with Crippen LogP contribution in [0.4, 0.5) is 0 Å². The van der Waals surface area contributed by atoms with E-state index in [1.54, 1.807) is 6.07 Å². The molecule has 1 fully saturated rings. The van der Waals surface area contributed by atoms with Crippen LogP contribution < -0.4 is 11.1 Å². The number of halogens is 1. The molecule has 0 spiro atoms. The van der Waals surface area contributed by atoms with E-state index in [9.17, 15) is 4.79 Å². The topological polar surface area (TPSA) is 55.1 Å². The van der Waals surface area contributed by atoms with Crippen LogP contribution in [0, 0.1) is 5.92 Å². The van der Waals surface area contributed by atoms with E-state index in [0.29, 0.717) is 23.0 Å². The van der Waals surface area contributed by atoms with Gasteiger partial charge in [-0.15, -0.1) is 0 Å². The average molecular weight is 315 g/mol. The van der Waals surface area contributed by atoms with Crippen molar-refractivity contribution in [3.8, 4) is 11.1 Å². The second-order valence-corrected chi connectivity index (χ2v) is 6.18. The summed E-state index contributed by atoms with van der Waals surface area (Å²) < 4.78 is 0. The number of carbonyl (C=O) groups is 1. The Morgan fingerprint density at radius 2 is 1.91 bits per heavy atom. The summed E-state index contributed by atoms with van der Waals surface area (Å²) in [5.74, 6) is 0.394. The van der Waals surface area contributed by atoms with Gasteiger partial charge in [0.2, 0.25) is 0 Å². The minimum absolute atomic E-state index is 0.0417. The fraction of sp³-hybridized carbons (Fsp3) is 0.278. The van der Waals surface area contributed by atoms with E-state index in [4.69, 9.17) is 17.3 Å². The maximum Gasteiger partial charge on any atom is 0.252 e. The average Bonchev–Trinajstić information content (AvgIpc) is 3.38. The number of nitrogens with two attached hydrogens (primary N) is 1. The minimum atomic E-state index is -0.168. The lowest BCUT2D eigenvalue weighted by Gasteiger charge is -2.13. The molecule has 2 aromatic carbocycles. The summed E-state index contributed by atoms with van der Waals surface area (Å²) in [6.07, 6.45) is 2.34. The van der Waals surface area contributed by atoms with Crippen LogP contribution in [0.3, 0.4) is 0 Å². The Hall–Kier alpha value is -1.84. The Morgan fingerprint density at radius 1 is 1.18 bits per heavy atom. The summed E-state index contributed by atoms with van der Waals surface area (Å²) in [7, 11) is 0. The highest BCUT2D eigenvalue weighted by molar-refractivity contribution is 6.34. The van der Waals surface area contributed by atoms with E-state index < -0.39 is 0 Å². The first-order valence-corrected chi connectivity index (χ1v) is 7.91. The van der Waals surface area contributed by atoms with Crippen molar-refractivity contribution >= 4 is 17.5 Å². The first-order chi connectivity index (χ1) is 10.6. The normalized spacial score (nSPS) is 15.4. The number of hydrogen-bond acceptors (Lipinski definition) is 2. The summed E-state index contributed by atoms with van der Waals surface area (Å²) in [6, 6.07) is 15.5. The van der Waals surface area contributed by atoms with Gasteiger partial charge in [0.25, 0.3) is 5.91 Å². The molecule has 1 aliphatic rings. The predicted molar refractivity (Wildman–Crippen MR) is 89.9 cm³/mol. The van der Waals surface area contributed by atoms with Crippen LogP contribution in [0.2, 0.25) is 5.02 Å². The Morgan fingerprint density at radius 3 is 2.59 bits per heavy atom. The molecule has 0 radical (unpaired) electrons. The predicted octanol–water partition coefficient (Wildman–Crippen LogP) is 3.47. The lowest BCUT2D eigenvalue weighted by Crippen LogP contribution is -2.38.